The maximum atomic E-state index is 5.11. The Kier molecular flexibility index (Phi) is 2.97. The average Bonchev–Trinajstić information content (AvgIpc) is 2.96. The zero-order chi connectivity index (χ0) is 13.2. The molecule has 0 spiro atoms. The van der Waals surface area contributed by atoms with Crippen LogP contribution in [0.25, 0.3) is 16.9 Å². The van der Waals surface area contributed by atoms with Gasteiger partial charge >= 0.3 is 0 Å². The van der Waals surface area contributed by atoms with Gasteiger partial charge in [-0.2, -0.15) is 5.10 Å². The van der Waals surface area contributed by atoms with Gasteiger partial charge in [-0.3, -0.25) is 5.10 Å². The van der Waals surface area contributed by atoms with Crippen molar-refractivity contribution >= 4 is 12.2 Å². The molecule has 1 N–H and O–H groups in total. The van der Waals surface area contributed by atoms with E-state index in [0.717, 1.165) is 22.5 Å². The molecule has 0 aliphatic rings. The van der Waals surface area contributed by atoms with E-state index in [-0.39, 0.29) is 0 Å². The number of nitrogens with zero attached hydrogens (tertiary/aromatic N) is 3. The van der Waals surface area contributed by atoms with E-state index in [1.54, 1.807) is 12.5 Å². The molecule has 0 saturated heterocycles. The van der Waals surface area contributed by atoms with Crippen molar-refractivity contribution < 1.29 is 0 Å². The first-order valence-corrected chi connectivity index (χ1v) is 6.30. The molecular formula is C14H12N4S. The van der Waals surface area contributed by atoms with Crippen LogP contribution in [0.15, 0.2) is 49.1 Å². The minimum absolute atomic E-state index is 0.679. The lowest BCUT2D eigenvalue weighted by Crippen LogP contribution is -1.92. The topological polar surface area (TPSA) is 46.5 Å². The Bertz CT molecular complexity index is 742. The number of nitrogens with one attached hydrogen (secondary N) is 1. The second-order valence-corrected chi connectivity index (χ2v) is 4.69. The third-order valence-electron chi connectivity index (χ3n) is 2.95. The Morgan fingerprint density at radius 2 is 2.00 bits per heavy atom. The molecule has 5 heteroatoms. The van der Waals surface area contributed by atoms with E-state index in [1.165, 1.54) is 0 Å². The molecular weight excluding hydrogens is 256 g/mol. The van der Waals surface area contributed by atoms with Crippen molar-refractivity contribution in [2.24, 2.45) is 0 Å². The second-order valence-electron chi connectivity index (χ2n) is 4.28. The molecule has 0 bridgehead atoms. The van der Waals surface area contributed by atoms with Crippen LogP contribution in [0.2, 0.25) is 0 Å². The summed E-state index contributed by atoms with van der Waals surface area (Å²) in [5, 5.41) is 7.11. The van der Waals surface area contributed by atoms with E-state index in [4.69, 9.17) is 12.2 Å². The number of rotatable bonds is 2. The maximum Gasteiger partial charge on any atom is 0.122 e. The van der Waals surface area contributed by atoms with Gasteiger partial charge in [-0.25, -0.2) is 4.98 Å². The molecule has 0 amide bonds. The first-order chi connectivity index (χ1) is 9.24. The van der Waals surface area contributed by atoms with Crippen LogP contribution >= 0.6 is 12.2 Å². The molecule has 0 aliphatic heterocycles. The van der Waals surface area contributed by atoms with Gasteiger partial charge in [0, 0.05) is 23.6 Å². The predicted octanol–water partition coefficient (Wildman–Crippen LogP) is 3.30. The lowest BCUT2D eigenvalue weighted by Gasteiger charge is -2.05. The van der Waals surface area contributed by atoms with Gasteiger partial charge in [-0.15, -0.1) is 0 Å². The van der Waals surface area contributed by atoms with E-state index in [1.807, 2.05) is 48.0 Å². The average molecular weight is 268 g/mol. The first kappa shape index (κ1) is 11.8. The van der Waals surface area contributed by atoms with Crippen molar-refractivity contribution in [3.63, 3.8) is 0 Å². The second kappa shape index (κ2) is 4.78. The standard InChI is InChI=1S/C14H12N4S/c1-10-8-13(16-17-14(10)19)11-2-4-12(5-3-11)18-7-6-15-9-18/h2-9H,1H3,(H,17,19). The number of imidazole rings is 1. The Morgan fingerprint density at radius 1 is 1.21 bits per heavy atom. The van der Waals surface area contributed by atoms with Crippen molar-refractivity contribution in [3.8, 4) is 16.9 Å². The highest BCUT2D eigenvalue weighted by molar-refractivity contribution is 7.71. The highest BCUT2D eigenvalue weighted by atomic mass is 32.1. The lowest BCUT2D eigenvalue weighted by atomic mass is 10.1. The summed E-state index contributed by atoms with van der Waals surface area (Å²) in [5.41, 5.74) is 4.04. The minimum Gasteiger partial charge on any atom is -0.306 e. The van der Waals surface area contributed by atoms with Gasteiger partial charge < -0.3 is 4.57 Å². The van der Waals surface area contributed by atoms with Gasteiger partial charge in [0.05, 0.1) is 12.0 Å². The minimum atomic E-state index is 0.679. The molecule has 4 nitrogen and oxygen atoms in total. The molecule has 3 aromatic rings. The van der Waals surface area contributed by atoms with Crippen LogP contribution in [0.5, 0.6) is 0 Å². The predicted molar refractivity (Wildman–Crippen MR) is 76.7 cm³/mol. The summed E-state index contributed by atoms with van der Waals surface area (Å²) in [6.45, 7) is 1.98. The number of aromatic nitrogens is 4. The van der Waals surface area contributed by atoms with Crippen molar-refractivity contribution in [2.75, 3.05) is 0 Å². The third-order valence-corrected chi connectivity index (χ3v) is 3.37. The molecule has 0 radical (unpaired) electrons. The van der Waals surface area contributed by atoms with E-state index in [0.29, 0.717) is 4.64 Å². The summed E-state index contributed by atoms with van der Waals surface area (Å²) in [6, 6.07) is 10.1. The fourth-order valence-electron chi connectivity index (χ4n) is 1.87. The van der Waals surface area contributed by atoms with E-state index < -0.39 is 0 Å². The number of H-pyrrole nitrogens is 1. The quantitative estimate of drug-likeness (QED) is 0.725. The Labute approximate surface area is 115 Å². The summed E-state index contributed by atoms with van der Waals surface area (Å²) in [4.78, 5) is 4.03. The normalized spacial score (nSPS) is 10.6. The molecule has 0 unspecified atom stereocenters. The van der Waals surface area contributed by atoms with E-state index in [9.17, 15) is 0 Å². The number of hydrogen-bond donors (Lipinski definition) is 1. The smallest absolute Gasteiger partial charge is 0.122 e. The Balaban J connectivity index is 1.98. The summed E-state index contributed by atoms with van der Waals surface area (Å²) >= 11 is 5.11. The number of hydrogen-bond acceptors (Lipinski definition) is 3. The molecule has 0 aliphatic carbocycles. The van der Waals surface area contributed by atoms with Gasteiger partial charge in [0.2, 0.25) is 0 Å². The number of aromatic amines is 1. The van der Waals surface area contributed by atoms with E-state index >= 15 is 0 Å². The van der Waals surface area contributed by atoms with Crippen LogP contribution in [-0.4, -0.2) is 19.7 Å². The zero-order valence-corrected chi connectivity index (χ0v) is 11.2. The zero-order valence-electron chi connectivity index (χ0n) is 10.4. The first-order valence-electron chi connectivity index (χ1n) is 5.89. The van der Waals surface area contributed by atoms with Gasteiger partial charge in [-0.1, -0.05) is 24.4 Å². The molecule has 0 fully saturated rings. The van der Waals surface area contributed by atoms with Gasteiger partial charge in [0.15, 0.2) is 0 Å². The molecule has 0 saturated carbocycles. The highest BCUT2D eigenvalue weighted by Gasteiger charge is 2.02. The van der Waals surface area contributed by atoms with Crippen LogP contribution in [0, 0.1) is 11.6 Å². The lowest BCUT2D eigenvalue weighted by molar-refractivity contribution is 1.00. The largest absolute Gasteiger partial charge is 0.306 e. The molecule has 19 heavy (non-hydrogen) atoms. The number of aryl methyl sites for hydroxylation is 1. The molecule has 2 aromatic heterocycles. The van der Waals surface area contributed by atoms with Crippen LogP contribution in [0.3, 0.4) is 0 Å². The molecule has 3 rings (SSSR count). The SMILES string of the molecule is Cc1cc(-c2ccc(-n3ccnc3)cc2)n[nH]c1=S. The van der Waals surface area contributed by atoms with Crippen molar-refractivity contribution in [3.05, 3.63) is 59.3 Å². The van der Waals surface area contributed by atoms with Crippen LogP contribution in [0.4, 0.5) is 0 Å². The molecule has 94 valence electrons. The summed E-state index contributed by atoms with van der Waals surface area (Å²) in [7, 11) is 0. The van der Waals surface area contributed by atoms with Gasteiger partial charge in [0.25, 0.3) is 0 Å². The summed E-state index contributed by atoms with van der Waals surface area (Å²) in [6.07, 6.45) is 5.45. The van der Waals surface area contributed by atoms with Crippen molar-refractivity contribution in [1.82, 2.24) is 19.7 Å². The van der Waals surface area contributed by atoms with Crippen LogP contribution in [-0.2, 0) is 0 Å². The van der Waals surface area contributed by atoms with Gasteiger partial charge in [-0.05, 0) is 30.7 Å². The number of benzene rings is 1. The fourth-order valence-corrected chi connectivity index (χ4v) is 1.97. The van der Waals surface area contributed by atoms with Crippen LogP contribution in [0.1, 0.15) is 5.56 Å². The van der Waals surface area contributed by atoms with Crippen molar-refractivity contribution in [1.29, 1.82) is 0 Å². The highest BCUT2D eigenvalue weighted by Crippen LogP contribution is 2.19. The monoisotopic (exact) mass is 268 g/mol. The Morgan fingerprint density at radius 3 is 2.63 bits per heavy atom. The van der Waals surface area contributed by atoms with Crippen LogP contribution < -0.4 is 0 Å². The van der Waals surface area contributed by atoms with E-state index in [2.05, 4.69) is 15.2 Å². The fraction of sp³-hybridized carbons (Fsp3) is 0.0714. The third kappa shape index (κ3) is 2.32. The Hall–Kier alpha value is -2.27. The molecule has 1 aromatic carbocycles. The van der Waals surface area contributed by atoms with Gasteiger partial charge in [0.1, 0.15) is 4.64 Å². The summed E-state index contributed by atoms with van der Waals surface area (Å²) < 4.78 is 2.64. The van der Waals surface area contributed by atoms with Crippen molar-refractivity contribution in [2.45, 2.75) is 6.92 Å². The molecule has 0 atom stereocenters. The maximum absolute atomic E-state index is 5.11. The molecule has 2 heterocycles. The summed E-state index contributed by atoms with van der Waals surface area (Å²) in [5.74, 6) is 0.